The van der Waals surface area contributed by atoms with E-state index in [0.717, 1.165) is 0 Å². The summed E-state index contributed by atoms with van der Waals surface area (Å²) in [5.41, 5.74) is 0.666. The minimum atomic E-state index is -3.82. The van der Waals surface area contributed by atoms with Crippen LogP contribution < -0.4 is 10.0 Å². The Morgan fingerprint density at radius 1 is 0.960 bits per heavy atom. The first-order valence-electron chi connectivity index (χ1n) is 6.70. The highest BCUT2D eigenvalue weighted by Gasteiger charge is 2.14. The molecule has 2 aromatic carbocycles. The number of anilines is 2. The number of hydrogen-bond donors (Lipinski definition) is 2. The van der Waals surface area contributed by atoms with Gasteiger partial charge in [0.15, 0.2) is 0 Å². The summed E-state index contributed by atoms with van der Waals surface area (Å²) in [5.74, 6) is 0. The second kappa shape index (κ2) is 7.91. The minimum Gasteiger partial charge on any atom is -0.360 e. The average Bonchev–Trinajstić information content (AvgIpc) is 2.55. The Balaban J connectivity index is 2.19. The Kier molecular flexibility index (Phi) is 5.89. The minimum absolute atomic E-state index is 0.0268. The molecule has 0 aromatic heterocycles. The van der Waals surface area contributed by atoms with Gasteiger partial charge in [0.05, 0.1) is 10.6 Å². The number of nitriles is 2. The van der Waals surface area contributed by atoms with Crippen LogP contribution in [0.2, 0.25) is 10.0 Å². The van der Waals surface area contributed by atoms with Crippen LogP contribution in [0, 0.1) is 22.7 Å². The molecule has 0 saturated carbocycles. The van der Waals surface area contributed by atoms with Gasteiger partial charge in [0.1, 0.15) is 17.7 Å². The van der Waals surface area contributed by atoms with Crippen LogP contribution in [0.1, 0.15) is 0 Å². The third-order valence-corrected chi connectivity index (χ3v) is 4.74. The first-order valence-corrected chi connectivity index (χ1v) is 8.94. The number of benzene rings is 2. The molecule has 126 valence electrons. The second-order valence-corrected chi connectivity index (χ2v) is 7.27. The highest BCUT2D eigenvalue weighted by Crippen LogP contribution is 2.25. The SMILES string of the molecule is N#CC(C#N)=CNc1ccc(S(=O)(=O)Nc2cc(Cl)cc(Cl)c2)cc1. The molecule has 2 N–H and O–H groups in total. The van der Waals surface area contributed by atoms with E-state index in [1.54, 1.807) is 12.1 Å². The summed E-state index contributed by atoms with van der Waals surface area (Å²) in [7, 11) is -3.82. The average molecular weight is 393 g/mol. The van der Waals surface area contributed by atoms with Crippen molar-refractivity contribution >= 4 is 44.6 Å². The predicted octanol–water partition coefficient (Wildman–Crippen LogP) is 4.14. The van der Waals surface area contributed by atoms with Gasteiger partial charge in [-0.25, -0.2) is 8.42 Å². The molecule has 25 heavy (non-hydrogen) atoms. The van der Waals surface area contributed by atoms with Gasteiger partial charge >= 0.3 is 0 Å². The van der Waals surface area contributed by atoms with E-state index < -0.39 is 10.0 Å². The molecule has 0 spiro atoms. The zero-order valence-electron chi connectivity index (χ0n) is 12.5. The van der Waals surface area contributed by atoms with Crippen LogP contribution in [0.4, 0.5) is 11.4 Å². The molecule has 0 amide bonds. The molecule has 0 saturated heterocycles. The van der Waals surface area contributed by atoms with Gasteiger partial charge in [-0.3, -0.25) is 4.72 Å². The Labute approximate surface area is 155 Å². The largest absolute Gasteiger partial charge is 0.360 e. The Hall–Kier alpha value is -2.71. The van der Waals surface area contributed by atoms with Crippen molar-refractivity contribution in [3.05, 3.63) is 64.3 Å². The van der Waals surface area contributed by atoms with Crippen molar-refractivity contribution < 1.29 is 8.42 Å². The van der Waals surface area contributed by atoms with E-state index in [-0.39, 0.29) is 16.2 Å². The molecule has 9 heteroatoms. The zero-order chi connectivity index (χ0) is 18.4. The number of halogens is 2. The predicted molar refractivity (Wildman–Crippen MR) is 96.6 cm³/mol. The van der Waals surface area contributed by atoms with Gasteiger partial charge in [-0.15, -0.1) is 0 Å². The summed E-state index contributed by atoms with van der Waals surface area (Å²) >= 11 is 11.7. The van der Waals surface area contributed by atoms with Crippen molar-refractivity contribution in [1.82, 2.24) is 0 Å². The van der Waals surface area contributed by atoms with E-state index >= 15 is 0 Å². The fourth-order valence-corrected chi connectivity index (χ4v) is 3.37. The number of rotatable bonds is 5. The van der Waals surface area contributed by atoms with Gasteiger partial charge in [-0.05, 0) is 42.5 Å². The molecule has 0 bridgehead atoms. The number of hydrogen-bond acceptors (Lipinski definition) is 5. The van der Waals surface area contributed by atoms with Gasteiger partial charge in [-0.1, -0.05) is 23.2 Å². The summed E-state index contributed by atoms with van der Waals surface area (Å²) in [4.78, 5) is 0.0268. The molecule has 6 nitrogen and oxygen atoms in total. The van der Waals surface area contributed by atoms with Crippen molar-refractivity contribution in [2.75, 3.05) is 10.0 Å². The van der Waals surface area contributed by atoms with E-state index in [4.69, 9.17) is 33.7 Å². The van der Waals surface area contributed by atoms with Crippen LogP contribution in [0.5, 0.6) is 0 Å². The lowest BCUT2D eigenvalue weighted by molar-refractivity contribution is 0.601. The van der Waals surface area contributed by atoms with Gasteiger partial charge in [-0.2, -0.15) is 10.5 Å². The summed E-state index contributed by atoms with van der Waals surface area (Å²) in [6, 6.07) is 13.5. The molecular formula is C16H10Cl2N4O2S. The van der Waals surface area contributed by atoms with E-state index in [1.165, 1.54) is 48.7 Å². The lowest BCUT2D eigenvalue weighted by Gasteiger charge is -2.09. The molecule has 2 rings (SSSR count). The van der Waals surface area contributed by atoms with Crippen LogP contribution >= 0.6 is 23.2 Å². The topological polar surface area (TPSA) is 106 Å². The summed E-state index contributed by atoms with van der Waals surface area (Å²) in [5, 5.41) is 20.6. The van der Waals surface area contributed by atoms with E-state index in [1.807, 2.05) is 0 Å². The molecule has 0 aliphatic carbocycles. The standard InChI is InChI=1S/C16H10Cl2N4O2S/c17-12-5-13(18)7-15(6-12)22-25(23,24)16-3-1-14(2-4-16)21-10-11(8-19)9-20/h1-7,10,21-22H. The number of nitrogens with zero attached hydrogens (tertiary/aromatic N) is 2. The quantitative estimate of drug-likeness (QED) is 0.743. The van der Waals surface area contributed by atoms with Crippen LogP contribution in [-0.2, 0) is 10.0 Å². The molecule has 0 unspecified atom stereocenters. The monoisotopic (exact) mass is 392 g/mol. The summed E-state index contributed by atoms with van der Waals surface area (Å²) < 4.78 is 27.1. The highest BCUT2D eigenvalue weighted by molar-refractivity contribution is 7.92. The van der Waals surface area contributed by atoms with E-state index in [0.29, 0.717) is 15.7 Å². The van der Waals surface area contributed by atoms with Crippen molar-refractivity contribution in [3.63, 3.8) is 0 Å². The van der Waals surface area contributed by atoms with Crippen molar-refractivity contribution in [2.45, 2.75) is 4.90 Å². The summed E-state index contributed by atoms with van der Waals surface area (Å²) in [6.45, 7) is 0. The fourth-order valence-electron chi connectivity index (χ4n) is 1.80. The van der Waals surface area contributed by atoms with E-state index in [2.05, 4.69) is 10.0 Å². The maximum absolute atomic E-state index is 12.4. The lowest BCUT2D eigenvalue weighted by Crippen LogP contribution is -2.12. The molecule has 0 aliphatic rings. The van der Waals surface area contributed by atoms with Crippen molar-refractivity contribution in [3.8, 4) is 12.1 Å². The number of allylic oxidation sites excluding steroid dienone is 1. The van der Waals surface area contributed by atoms with Crippen molar-refractivity contribution in [2.24, 2.45) is 0 Å². The van der Waals surface area contributed by atoms with Gasteiger partial charge in [0.25, 0.3) is 10.0 Å². The first kappa shape index (κ1) is 18.6. The van der Waals surface area contributed by atoms with Crippen LogP contribution in [-0.4, -0.2) is 8.42 Å². The van der Waals surface area contributed by atoms with Crippen LogP contribution in [0.25, 0.3) is 0 Å². The molecule has 0 radical (unpaired) electrons. The fraction of sp³-hybridized carbons (Fsp3) is 0. The number of sulfonamides is 1. The van der Waals surface area contributed by atoms with Gasteiger partial charge in [0, 0.05) is 21.9 Å². The number of nitrogens with one attached hydrogen (secondary N) is 2. The normalized spacial score (nSPS) is 10.2. The third kappa shape index (κ3) is 5.13. The molecule has 0 fully saturated rings. The highest BCUT2D eigenvalue weighted by atomic mass is 35.5. The molecule has 0 atom stereocenters. The molecule has 0 heterocycles. The second-order valence-electron chi connectivity index (χ2n) is 4.71. The third-order valence-electron chi connectivity index (χ3n) is 2.90. The maximum atomic E-state index is 12.4. The zero-order valence-corrected chi connectivity index (χ0v) is 14.8. The summed E-state index contributed by atoms with van der Waals surface area (Å²) in [6.07, 6.45) is 1.23. The molecule has 2 aromatic rings. The molecular weight excluding hydrogens is 383 g/mol. The smallest absolute Gasteiger partial charge is 0.261 e. The van der Waals surface area contributed by atoms with Crippen molar-refractivity contribution in [1.29, 1.82) is 10.5 Å². The molecule has 0 aliphatic heterocycles. The van der Waals surface area contributed by atoms with E-state index in [9.17, 15) is 8.42 Å². The maximum Gasteiger partial charge on any atom is 0.261 e. The van der Waals surface area contributed by atoms with Gasteiger partial charge < -0.3 is 5.32 Å². The van der Waals surface area contributed by atoms with Crippen LogP contribution in [0.3, 0.4) is 0 Å². The Morgan fingerprint density at radius 2 is 1.52 bits per heavy atom. The Bertz CT molecular complexity index is 968. The van der Waals surface area contributed by atoms with Gasteiger partial charge in [0.2, 0.25) is 0 Å². The van der Waals surface area contributed by atoms with Crippen LogP contribution in [0.15, 0.2) is 59.1 Å². The lowest BCUT2D eigenvalue weighted by atomic mass is 10.3. The Morgan fingerprint density at radius 3 is 2.04 bits per heavy atom. The first-order chi connectivity index (χ1) is 11.8.